The fraction of sp³-hybridized carbons (Fsp3) is 0.692. The molecule has 0 amide bonds. The fourth-order valence-electron chi connectivity index (χ4n) is 2.20. The monoisotopic (exact) mass is 223 g/mol. The lowest BCUT2D eigenvalue weighted by Crippen LogP contribution is -2.23. The molecule has 1 aliphatic carbocycles. The van der Waals surface area contributed by atoms with Gasteiger partial charge in [0.05, 0.1) is 0 Å². The number of aryl methyl sites for hydroxylation is 1. The molecule has 1 nitrogen and oxygen atoms in total. The largest absolute Gasteiger partial charge is 0.309 e. The first-order valence-electron chi connectivity index (χ1n) is 6.02. The van der Waals surface area contributed by atoms with Gasteiger partial charge in [-0.25, -0.2) is 0 Å². The minimum absolute atomic E-state index is 0.624. The van der Waals surface area contributed by atoms with Gasteiger partial charge < -0.3 is 5.32 Å². The molecule has 1 aliphatic rings. The summed E-state index contributed by atoms with van der Waals surface area (Å²) in [6.45, 7) is 7.94. The Morgan fingerprint density at radius 2 is 2.27 bits per heavy atom. The Labute approximate surface area is 96.9 Å². The van der Waals surface area contributed by atoms with E-state index < -0.39 is 0 Å². The van der Waals surface area contributed by atoms with Gasteiger partial charge in [0.25, 0.3) is 0 Å². The van der Waals surface area contributed by atoms with E-state index in [1.807, 2.05) is 11.3 Å². The topological polar surface area (TPSA) is 12.0 Å². The maximum atomic E-state index is 3.70. The first kappa shape index (κ1) is 11.2. The van der Waals surface area contributed by atoms with Crippen LogP contribution in [0.2, 0.25) is 0 Å². The molecule has 1 saturated carbocycles. The molecule has 84 valence electrons. The molecule has 1 N–H and O–H groups in total. The third kappa shape index (κ3) is 2.61. The quantitative estimate of drug-likeness (QED) is 0.801. The third-order valence-electron chi connectivity index (χ3n) is 3.28. The number of nitrogens with one attached hydrogen (secondary N) is 1. The molecule has 3 atom stereocenters. The van der Waals surface area contributed by atoms with E-state index in [0.29, 0.717) is 6.04 Å². The summed E-state index contributed by atoms with van der Waals surface area (Å²) in [6.07, 6.45) is 2.63. The first-order chi connectivity index (χ1) is 7.22. The van der Waals surface area contributed by atoms with Gasteiger partial charge in [-0.1, -0.05) is 13.8 Å². The summed E-state index contributed by atoms with van der Waals surface area (Å²) >= 11 is 1.95. The normalized spacial score (nSPS) is 26.6. The molecule has 3 unspecified atom stereocenters. The Morgan fingerprint density at radius 3 is 2.73 bits per heavy atom. The van der Waals surface area contributed by atoms with Crippen molar-refractivity contribution in [3.63, 3.8) is 0 Å². The van der Waals surface area contributed by atoms with Crippen LogP contribution in [-0.4, -0.2) is 6.54 Å². The lowest BCUT2D eigenvalue weighted by Gasteiger charge is -2.16. The second-order valence-electron chi connectivity index (χ2n) is 4.76. The van der Waals surface area contributed by atoms with Crippen LogP contribution in [-0.2, 0) is 0 Å². The Balaban J connectivity index is 2.04. The maximum absolute atomic E-state index is 3.70. The molecule has 0 aromatic carbocycles. The number of rotatable bonds is 5. The Kier molecular flexibility index (Phi) is 3.47. The number of hydrogen-bond donors (Lipinski definition) is 1. The molecular weight excluding hydrogens is 202 g/mol. The molecule has 0 saturated heterocycles. The van der Waals surface area contributed by atoms with E-state index in [2.05, 4.69) is 38.2 Å². The van der Waals surface area contributed by atoms with Crippen molar-refractivity contribution in [2.45, 2.75) is 39.7 Å². The highest BCUT2D eigenvalue weighted by atomic mass is 32.1. The van der Waals surface area contributed by atoms with Crippen molar-refractivity contribution in [3.05, 3.63) is 21.9 Å². The molecule has 15 heavy (non-hydrogen) atoms. The average molecular weight is 223 g/mol. The van der Waals surface area contributed by atoms with Crippen LogP contribution in [0.4, 0.5) is 0 Å². The molecule has 2 rings (SSSR count). The van der Waals surface area contributed by atoms with Gasteiger partial charge in [0.1, 0.15) is 0 Å². The predicted octanol–water partition coefficient (Wildman–Crippen LogP) is 3.75. The minimum Gasteiger partial charge on any atom is -0.309 e. The average Bonchev–Trinajstić information content (AvgIpc) is 2.75. The van der Waals surface area contributed by atoms with Gasteiger partial charge in [0.15, 0.2) is 0 Å². The van der Waals surface area contributed by atoms with Crippen molar-refractivity contribution in [1.29, 1.82) is 0 Å². The molecule has 1 aromatic rings. The summed E-state index contributed by atoms with van der Waals surface area (Å²) in [5, 5.41) is 3.70. The van der Waals surface area contributed by atoms with Gasteiger partial charge in [-0.2, -0.15) is 0 Å². The van der Waals surface area contributed by atoms with Crippen LogP contribution >= 0.6 is 11.3 Å². The first-order valence-corrected chi connectivity index (χ1v) is 6.83. The standard InChI is InChI=1S/C13H21NS/c1-4-7-14-13(11-8-9(11)2)12-6-5-10(3)15-12/h5-6,9,11,13-14H,4,7-8H2,1-3H3. The highest BCUT2D eigenvalue weighted by Gasteiger charge is 2.40. The van der Waals surface area contributed by atoms with Crippen LogP contribution in [0.1, 0.15) is 42.5 Å². The van der Waals surface area contributed by atoms with Crippen LogP contribution in [0.25, 0.3) is 0 Å². The van der Waals surface area contributed by atoms with Crippen molar-refractivity contribution in [1.82, 2.24) is 5.32 Å². The van der Waals surface area contributed by atoms with E-state index in [-0.39, 0.29) is 0 Å². The molecule has 2 heteroatoms. The molecule has 1 fully saturated rings. The Bertz CT molecular complexity index is 318. The molecule has 0 bridgehead atoms. The van der Waals surface area contributed by atoms with Gasteiger partial charge in [0.2, 0.25) is 0 Å². The zero-order valence-electron chi connectivity index (χ0n) is 9.92. The SMILES string of the molecule is CCCNC(c1ccc(C)s1)C1CC1C. The Morgan fingerprint density at radius 1 is 1.53 bits per heavy atom. The summed E-state index contributed by atoms with van der Waals surface area (Å²) < 4.78 is 0. The van der Waals surface area contributed by atoms with E-state index in [0.717, 1.165) is 18.4 Å². The maximum Gasteiger partial charge on any atom is 0.0446 e. The highest BCUT2D eigenvalue weighted by Crippen LogP contribution is 2.48. The Hall–Kier alpha value is -0.340. The zero-order chi connectivity index (χ0) is 10.8. The molecule has 1 heterocycles. The number of hydrogen-bond acceptors (Lipinski definition) is 2. The van der Waals surface area contributed by atoms with Crippen LogP contribution < -0.4 is 5.32 Å². The summed E-state index contributed by atoms with van der Waals surface area (Å²) in [4.78, 5) is 2.97. The van der Waals surface area contributed by atoms with Gasteiger partial charge >= 0.3 is 0 Å². The van der Waals surface area contributed by atoms with Crippen molar-refractivity contribution in [2.24, 2.45) is 11.8 Å². The van der Waals surface area contributed by atoms with Crippen molar-refractivity contribution >= 4 is 11.3 Å². The summed E-state index contributed by atoms with van der Waals surface area (Å²) in [5.74, 6) is 1.80. The summed E-state index contributed by atoms with van der Waals surface area (Å²) in [5.41, 5.74) is 0. The lowest BCUT2D eigenvalue weighted by atomic mass is 10.1. The fourth-order valence-corrected chi connectivity index (χ4v) is 3.23. The molecule has 0 spiro atoms. The van der Waals surface area contributed by atoms with Gasteiger partial charge in [-0.15, -0.1) is 11.3 Å². The van der Waals surface area contributed by atoms with Crippen LogP contribution in [0.5, 0.6) is 0 Å². The van der Waals surface area contributed by atoms with Crippen molar-refractivity contribution < 1.29 is 0 Å². The second kappa shape index (κ2) is 4.67. The number of thiophene rings is 1. The van der Waals surface area contributed by atoms with Crippen molar-refractivity contribution in [2.75, 3.05) is 6.54 Å². The van der Waals surface area contributed by atoms with Crippen LogP contribution in [0.3, 0.4) is 0 Å². The smallest absolute Gasteiger partial charge is 0.0446 e. The predicted molar refractivity (Wildman–Crippen MR) is 67.4 cm³/mol. The van der Waals surface area contributed by atoms with E-state index in [1.54, 1.807) is 0 Å². The van der Waals surface area contributed by atoms with Crippen molar-refractivity contribution in [3.8, 4) is 0 Å². The minimum atomic E-state index is 0.624. The van der Waals surface area contributed by atoms with Gasteiger partial charge in [0, 0.05) is 15.8 Å². The molecular formula is C13H21NS. The molecule has 1 aromatic heterocycles. The summed E-state index contributed by atoms with van der Waals surface area (Å²) in [6, 6.07) is 5.17. The second-order valence-corrected chi connectivity index (χ2v) is 6.08. The van der Waals surface area contributed by atoms with E-state index >= 15 is 0 Å². The zero-order valence-corrected chi connectivity index (χ0v) is 10.7. The van der Waals surface area contributed by atoms with E-state index in [1.165, 1.54) is 22.6 Å². The van der Waals surface area contributed by atoms with Gasteiger partial charge in [-0.3, -0.25) is 0 Å². The van der Waals surface area contributed by atoms with Crippen LogP contribution in [0, 0.1) is 18.8 Å². The lowest BCUT2D eigenvalue weighted by molar-refractivity contribution is 0.469. The summed E-state index contributed by atoms with van der Waals surface area (Å²) in [7, 11) is 0. The highest BCUT2D eigenvalue weighted by molar-refractivity contribution is 7.12. The van der Waals surface area contributed by atoms with Crippen LogP contribution in [0.15, 0.2) is 12.1 Å². The molecule has 0 radical (unpaired) electrons. The van der Waals surface area contributed by atoms with E-state index in [4.69, 9.17) is 0 Å². The molecule has 0 aliphatic heterocycles. The van der Waals surface area contributed by atoms with E-state index in [9.17, 15) is 0 Å². The van der Waals surface area contributed by atoms with Gasteiger partial charge in [-0.05, 0) is 50.3 Å². The third-order valence-corrected chi connectivity index (χ3v) is 4.37.